The summed E-state index contributed by atoms with van der Waals surface area (Å²) in [6.07, 6.45) is 16.1. The molecule has 0 unspecified atom stereocenters. The normalized spacial score (nSPS) is 11.1. The minimum absolute atomic E-state index is 0.0134. The van der Waals surface area contributed by atoms with Crippen LogP contribution in [0.4, 0.5) is 0 Å². The van der Waals surface area contributed by atoms with Crippen molar-refractivity contribution >= 4 is 17.4 Å². The molecule has 40 heavy (non-hydrogen) atoms. The second-order valence-corrected chi connectivity index (χ2v) is 10.5. The molecule has 0 amide bonds. The number of allylic oxidation sites excluding steroid dienone is 2. The lowest BCUT2D eigenvalue weighted by molar-refractivity contribution is 0.104. The van der Waals surface area contributed by atoms with Crippen LogP contribution in [-0.4, -0.2) is 19.0 Å². The third kappa shape index (κ3) is 12.6. The lowest BCUT2D eigenvalue weighted by Gasteiger charge is -2.07. The second-order valence-electron chi connectivity index (χ2n) is 10.5. The van der Waals surface area contributed by atoms with Crippen LogP contribution >= 0.6 is 0 Å². The Morgan fingerprint density at radius 1 is 0.675 bits per heavy atom. The van der Waals surface area contributed by atoms with E-state index in [0.29, 0.717) is 12.2 Å². The first-order chi connectivity index (χ1) is 19.6. The van der Waals surface area contributed by atoms with E-state index in [4.69, 9.17) is 9.47 Å². The molecule has 0 radical (unpaired) electrons. The molecule has 3 aromatic carbocycles. The van der Waals surface area contributed by atoms with Gasteiger partial charge in [-0.15, -0.1) is 0 Å². The first-order valence-electron chi connectivity index (χ1n) is 14.9. The maximum atomic E-state index is 12.2. The first kappa shape index (κ1) is 31.1. The summed E-state index contributed by atoms with van der Waals surface area (Å²) in [4.78, 5) is 12.2. The van der Waals surface area contributed by atoms with Crippen LogP contribution in [0.1, 0.15) is 98.2 Å². The molecule has 0 N–H and O–H groups in total. The fourth-order valence-electron chi connectivity index (χ4n) is 4.53. The summed E-state index contributed by atoms with van der Waals surface area (Å²) in [5, 5.41) is 0. The molecule has 0 saturated carbocycles. The van der Waals surface area contributed by atoms with Gasteiger partial charge in [0.15, 0.2) is 5.78 Å². The van der Waals surface area contributed by atoms with E-state index in [1.165, 1.54) is 62.5 Å². The van der Waals surface area contributed by atoms with Gasteiger partial charge in [-0.25, -0.2) is 0 Å². The lowest BCUT2D eigenvalue weighted by Crippen LogP contribution is -1.97. The van der Waals surface area contributed by atoms with Crippen LogP contribution in [0.15, 0.2) is 91.5 Å². The number of ether oxygens (including phenoxy) is 2. The molecule has 0 aliphatic carbocycles. The van der Waals surface area contributed by atoms with Gasteiger partial charge in [-0.3, -0.25) is 4.79 Å². The van der Waals surface area contributed by atoms with Crippen LogP contribution in [-0.2, 0) is 11.3 Å². The number of carbonyl (C=O) groups excluding carboxylic acids is 1. The number of hydrogen-bond acceptors (Lipinski definition) is 3. The van der Waals surface area contributed by atoms with Gasteiger partial charge >= 0.3 is 0 Å². The Morgan fingerprint density at radius 3 is 1.85 bits per heavy atom. The van der Waals surface area contributed by atoms with Crippen molar-refractivity contribution in [2.75, 3.05) is 13.2 Å². The molecule has 0 bridgehead atoms. The number of rotatable bonds is 20. The van der Waals surface area contributed by atoms with E-state index in [0.717, 1.165) is 42.9 Å². The van der Waals surface area contributed by atoms with Gasteiger partial charge in [-0.1, -0.05) is 136 Å². The van der Waals surface area contributed by atoms with Crippen LogP contribution in [0.5, 0.6) is 5.75 Å². The molecule has 0 aliphatic heterocycles. The fraction of sp³-hybridized carbons (Fsp3) is 0.378. The Balaban J connectivity index is 1.10. The van der Waals surface area contributed by atoms with E-state index in [2.05, 4.69) is 30.8 Å². The molecule has 212 valence electrons. The van der Waals surface area contributed by atoms with Crippen molar-refractivity contribution in [3.05, 3.63) is 114 Å². The summed E-state index contributed by atoms with van der Waals surface area (Å²) in [7, 11) is 0. The number of carbonyl (C=O) groups is 1. The summed E-state index contributed by atoms with van der Waals surface area (Å²) in [6.45, 7) is 8.31. The minimum atomic E-state index is 0.0134. The number of ketones is 1. The Morgan fingerprint density at radius 2 is 1.25 bits per heavy atom. The molecule has 0 aromatic heterocycles. The van der Waals surface area contributed by atoms with Gasteiger partial charge in [0, 0.05) is 12.2 Å². The maximum Gasteiger partial charge on any atom is 0.185 e. The van der Waals surface area contributed by atoms with Crippen molar-refractivity contribution in [1.82, 2.24) is 0 Å². The van der Waals surface area contributed by atoms with Crippen LogP contribution in [0, 0.1) is 0 Å². The van der Waals surface area contributed by atoms with Crippen molar-refractivity contribution < 1.29 is 14.3 Å². The molecule has 3 nitrogen and oxygen atoms in total. The Bertz CT molecular complexity index is 1140. The molecule has 0 atom stereocenters. The third-order valence-corrected chi connectivity index (χ3v) is 7.03. The fourth-order valence-corrected chi connectivity index (χ4v) is 4.53. The van der Waals surface area contributed by atoms with Crippen molar-refractivity contribution in [3.8, 4) is 5.75 Å². The molecule has 3 aromatic rings. The zero-order valence-corrected chi connectivity index (χ0v) is 24.3. The Kier molecular flexibility index (Phi) is 14.6. The topological polar surface area (TPSA) is 35.5 Å². The van der Waals surface area contributed by atoms with E-state index >= 15 is 0 Å². The lowest BCUT2D eigenvalue weighted by atomic mass is 10.1. The first-order valence-corrected chi connectivity index (χ1v) is 14.9. The van der Waals surface area contributed by atoms with Crippen LogP contribution in [0.2, 0.25) is 0 Å². The van der Waals surface area contributed by atoms with Crippen LogP contribution in [0.25, 0.3) is 11.6 Å². The number of hydrogen-bond donors (Lipinski definition) is 0. The molecule has 0 fully saturated rings. The van der Waals surface area contributed by atoms with Crippen LogP contribution in [0.3, 0.4) is 0 Å². The van der Waals surface area contributed by atoms with Gasteiger partial charge < -0.3 is 9.47 Å². The summed E-state index contributed by atoms with van der Waals surface area (Å²) in [6, 6.07) is 25.7. The number of benzene rings is 3. The van der Waals surface area contributed by atoms with Crippen molar-refractivity contribution in [3.63, 3.8) is 0 Å². The second kappa shape index (κ2) is 18.8. The van der Waals surface area contributed by atoms with Gasteiger partial charge in [0.05, 0.1) is 13.2 Å². The van der Waals surface area contributed by atoms with E-state index in [1.807, 2.05) is 67.6 Å². The zero-order valence-electron chi connectivity index (χ0n) is 24.3. The van der Waals surface area contributed by atoms with Crippen LogP contribution < -0.4 is 4.74 Å². The molecule has 0 spiro atoms. The minimum Gasteiger partial charge on any atom is -0.494 e. The Hall–Kier alpha value is -3.43. The monoisotopic (exact) mass is 538 g/mol. The molecular weight excluding hydrogens is 492 g/mol. The molecule has 0 aliphatic rings. The van der Waals surface area contributed by atoms with Crippen molar-refractivity contribution in [2.45, 2.75) is 77.7 Å². The highest BCUT2D eigenvalue weighted by Crippen LogP contribution is 2.16. The highest BCUT2D eigenvalue weighted by atomic mass is 16.5. The van der Waals surface area contributed by atoms with Crippen molar-refractivity contribution in [1.29, 1.82) is 0 Å². The van der Waals surface area contributed by atoms with Gasteiger partial charge in [0.1, 0.15) is 5.75 Å². The van der Waals surface area contributed by atoms with E-state index in [1.54, 1.807) is 6.08 Å². The summed E-state index contributed by atoms with van der Waals surface area (Å²) < 4.78 is 11.7. The summed E-state index contributed by atoms with van der Waals surface area (Å²) in [5.74, 6) is 0.897. The van der Waals surface area contributed by atoms with E-state index < -0.39 is 0 Å². The molecule has 3 rings (SSSR count). The predicted molar refractivity (Wildman–Crippen MR) is 169 cm³/mol. The molecule has 0 saturated heterocycles. The predicted octanol–water partition coefficient (Wildman–Crippen LogP) is 10.1. The number of unbranched alkanes of at least 4 members (excludes halogenated alkanes) is 9. The molecular formula is C37H46O3. The molecule has 0 heterocycles. The largest absolute Gasteiger partial charge is 0.494 e. The smallest absolute Gasteiger partial charge is 0.185 e. The summed E-state index contributed by atoms with van der Waals surface area (Å²) >= 11 is 0. The average molecular weight is 539 g/mol. The van der Waals surface area contributed by atoms with Gasteiger partial charge in [0.25, 0.3) is 0 Å². The average Bonchev–Trinajstić information content (AvgIpc) is 2.99. The quantitative estimate of drug-likeness (QED) is 0.0815. The van der Waals surface area contributed by atoms with Gasteiger partial charge in [0.2, 0.25) is 0 Å². The molecule has 3 heteroatoms. The van der Waals surface area contributed by atoms with Crippen molar-refractivity contribution in [2.24, 2.45) is 0 Å². The maximum absolute atomic E-state index is 12.2. The van der Waals surface area contributed by atoms with E-state index in [9.17, 15) is 4.79 Å². The highest BCUT2D eigenvalue weighted by molar-refractivity contribution is 6.06. The summed E-state index contributed by atoms with van der Waals surface area (Å²) in [5.41, 5.74) is 5.22. The van der Waals surface area contributed by atoms with Gasteiger partial charge in [-0.2, -0.15) is 0 Å². The zero-order chi connectivity index (χ0) is 28.3. The van der Waals surface area contributed by atoms with Gasteiger partial charge in [-0.05, 0) is 54.7 Å². The standard InChI is InChI=1S/C37H46O3/c1-31(2)34-23-18-33(19-24-34)30-39-28-14-9-7-5-3-4-6-8-10-15-29-40-36-25-20-32(21-26-36)22-27-37(38)35-16-12-11-13-17-35/h11-13,16-27H,1,3-10,14-15,28-30H2,2H3/b27-22+. The van der Waals surface area contributed by atoms with E-state index in [-0.39, 0.29) is 5.78 Å². The SMILES string of the molecule is C=C(C)c1ccc(COCCCCCCCCCCCCOc2ccc(/C=C/C(=O)c3ccccc3)cc2)cc1. The third-order valence-electron chi connectivity index (χ3n) is 7.03. The highest BCUT2D eigenvalue weighted by Gasteiger charge is 2.01. The Labute approximate surface area is 241 Å².